The van der Waals surface area contributed by atoms with Crippen LogP contribution in [0.5, 0.6) is 0 Å². The zero-order valence-electron chi connectivity index (χ0n) is 20.0. The largest absolute Gasteiger partial charge is 0.466 e. The van der Waals surface area contributed by atoms with Gasteiger partial charge in [0.15, 0.2) is 5.00 Å². The normalized spacial score (nSPS) is 11.2. The van der Waals surface area contributed by atoms with E-state index >= 15 is 0 Å². The highest BCUT2D eigenvalue weighted by Gasteiger charge is 2.14. The van der Waals surface area contributed by atoms with Gasteiger partial charge in [-0.25, -0.2) is 0 Å². The average Bonchev–Trinajstić information content (AvgIpc) is 3.29. The summed E-state index contributed by atoms with van der Waals surface area (Å²) in [6.45, 7) is 5.26. The fraction of sp³-hybridized carbons (Fsp3) is 0.231. The minimum Gasteiger partial charge on any atom is -0.466 e. The molecule has 0 spiro atoms. The molecule has 1 aromatic heterocycles. The Balaban J connectivity index is 1.56. The number of anilines is 1. The monoisotopic (exact) mass is 503 g/mol. The lowest BCUT2D eigenvalue weighted by Gasteiger charge is -2.25. The van der Waals surface area contributed by atoms with E-state index < -0.39 is 4.92 Å². The van der Waals surface area contributed by atoms with Crippen molar-refractivity contribution in [1.82, 2.24) is 4.37 Å². The summed E-state index contributed by atoms with van der Waals surface area (Å²) in [5, 5.41) is 21.0. The number of nitrogens with zero attached hydrogens (tertiary/aromatic N) is 5. The third-order valence-electron chi connectivity index (χ3n) is 5.55. The van der Waals surface area contributed by atoms with Gasteiger partial charge in [0.25, 0.3) is 5.69 Å². The number of hydrogen-bond donors (Lipinski definition) is 0. The van der Waals surface area contributed by atoms with Gasteiger partial charge in [-0.3, -0.25) is 14.9 Å². The van der Waals surface area contributed by atoms with Crippen LogP contribution in [0.1, 0.15) is 24.5 Å². The summed E-state index contributed by atoms with van der Waals surface area (Å²) in [5.41, 5.74) is 4.30. The number of azo groups is 1. The predicted octanol–water partition coefficient (Wildman–Crippen LogP) is 6.89. The Labute approximate surface area is 212 Å². The molecule has 0 atom stereocenters. The van der Waals surface area contributed by atoms with Gasteiger partial charge in [0, 0.05) is 36.3 Å². The van der Waals surface area contributed by atoms with Gasteiger partial charge >= 0.3 is 5.97 Å². The van der Waals surface area contributed by atoms with Gasteiger partial charge in [0.2, 0.25) is 0 Å². The van der Waals surface area contributed by atoms with Crippen molar-refractivity contribution in [2.24, 2.45) is 10.2 Å². The van der Waals surface area contributed by atoms with Gasteiger partial charge in [-0.05, 0) is 60.8 Å². The quantitative estimate of drug-likeness (QED) is 0.101. The van der Waals surface area contributed by atoms with E-state index in [9.17, 15) is 14.9 Å². The van der Waals surface area contributed by atoms with Crippen molar-refractivity contribution in [3.05, 3.63) is 88.0 Å². The second-order valence-corrected chi connectivity index (χ2v) is 8.83. The molecule has 0 saturated heterocycles. The number of carbonyl (C=O) groups is 1. The molecular formula is C26H25N5O4S. The van der Waals surface area contributed by atoms with Crippen molar-refractivity contribution in [3.63, 3.8) is 0 Å². The molecule has 0 N–H and O–H groups in total. The van der Waals surface area contributed by atoms with Crippen LogP contribution in [0, 0.1) is 17.0 Å². The lowest BCUT2D eigenvalue weighted by atomic mass is 10.1. The van der Waals surface area contributed by atoms with Gasteiger partial charge in [0.1, 0.15) is 0 Å². The van der Waals surface area contributed by atoms with E-state index in [1.165, 1.54) is 12.1 Å². The molecule has 4 rings (SSSR count). The molecule has 36 heavy (non-hydrogen) atoms. The van der Waals surface area contributed by atoms with Crippen LogP contribution in [-0.4, -0.2) is 28.4 Å². The minimum atomic E-state index is -0.440. The fourth-order valence-corrected chi connectivity index (χ4v) is 4.40. The third kappa shape index (κ3) is 6.08. The first-order chi connectivity index (χ1) is 17.4. The summed E-state index contributed by atoms with van der Waals surface area (Å²) >= 11 is 1.15. The number of nitro benzene ring substituents is 1. The number of fused-ring (bicyclic) bond motifs is 1. The molecule has 184 valence electrons. The zero-order valence-corrected chi connectivity index (χ0v) is 20.8. The van der Waals surface area contributed by atoms with Crippen molar-refractivity contribution in [1.29, 1.82) is 0 Å². The highest BCUT2D eigenvalue weighted by molar-refractivity contribution is 7.11. The molecule has 0 radical (unpaired) electrons. The van der Waals surface area contributed by atoms with Crippen LogP contribution >= 0.6 is 11.5 Å². The Bertz CT molecular complexity index is 1400. The van der Waals surface area contributed by atoms with Crippen LogP contribution < -0.4 is 4.90 Å². The van der Waals surface area contributed by atoms with E-state index in [2.05, 4.69) is 31.6 Å². The maximum atomic E-state index is 12.0. The Hall–Kier alpha value is -4.18. The van der Waals surface area contributed by atoms with Gasteiger partial charge in [-0.1, -0.05) is 30.3 Å². The summed E-state index contributed by atoms with van der Waals surface area (Å²) < 4.78 is 9.40. The summed E-state index contributed by atoms with van der Waals surface area (Å²) in [6.07, 6.45) is 0.284. The van der Waals surface area contributed by atoms with Crippen LogP contribution in [0.15, 0.2) is 77.0 Å². The van der Waals surface area contributed by atoms with Gasteiger partial charge in [-0.2, -0.15) is 4.37 Å². The van der Waals surface area contributed by atoms with E-state index in [0.717, 1.165) is 28.3 Å². The topological polar surface area (TPSA) is 110 Å². The van der Waals surface area contributed by atoms with Crippen LogP contribution in [-0.2, 0) is 16.1 Å². The highest BCUT2D eigenvalue weighted by atomic mass is 32.1. The molecule has 4 aromatic rings. The van der Waals surface area contributed by atoms with E-state index in [-0.39, 0.29) is 18.1 Å². The van der Waals surface area contributed by atoms with Crippen molar-refractivity contribution in [2.45, 2.75) is 26.8 Å². The number of non-ortho nitro benzene ring substituents is 1. The first-order valence-corrected chi connectivity index (χ1v) is 12.2. The van der Waals surface area contributed by atoms with Crippen molar-refractivity contribution < 1.29 is 14.5 Å². The summed E-state index contributed by atoms with van der Waals surface area (Å²) in [4.78, 5) is 24.8. The van der Waals surface area contributed by atoms with Crippen LogP contribution in [0.3, 0.4) is 0 Å². The van der Waals surface area contributed by atoms with Crippen LogP contribution in [0.25, 0.3) is 10.9 Å². The Morgan fingerprint density at radius 3 is 2.64 bits per heavy atom. The second-order valence-electron chi connectivity index (χ2n) is 8.08. The smallest absolute Gasteiger partial charge is 0.307 e. The SMILES string of the molecule is CCOC(=O)CCN(Cc1ccccc1)c1ccc(N=Nc2snc3ccc([N+](=O)[O-])cc23)c(C)c1. The number of rotatable bonds is 10. The number of benzene rings is 3. The maximum Gasteiger partial charge on any atom is 0.307 e. The lowest BCUT2D eigenvalue weighted by molar-refractivity contribution is -0.384. The Morgan fingerprint density at radius 1 is 1.11 bits per heavy atom. The molecule has 10 heteroatoms. The number of aryl methyl sites for hydroxylation is 1. The molecular weight excluding hydrogens is 478 g/mol. The first-order valence-electron chi connectivity index (χ1n) is 11.5. The average molecular weight is 504 g/mol. The summed E-state index contributed by atoms with van der Waals surface area (Å²) in [5.74, 6) is -0.227. The Morgan fingerprint density at radius 2 is 1.92 bits per heavy atom. The molecule has 0 unspecified atom stereocenters. The van der Waals surface area contributed by atoms with Crippen molar-refractivity contribution in [3.8, 4) is 0 Å². The van der Waals surface area contributed by atoms with Crippen molar-refractivity contribution in [2.75, 3.05) is 18.1 Å². The molecule has 0 amide bonds. The fourth-order valence-electron chi connectivity index (χ4n) is 3.71. The molecule has 0 bridgehead atoms. The number of ether oxygens (including phenoxy) is 1. The standard InChI is InChI=1S/C26H25N5O4S/c1-3-35-25(32)13-14-30(17-19-7-5-4-6-8-19)20-9-11-23(18(2)15-20)27-28-26-22-16-21(31(33)34)10-12-24(22)29-36-26/h4-12,15-16H,3,13-14,17H2,1-2H3. The first kappa shape index (κ1) is 24.9. The summed E-state index contributed by atoms with van der Waals surface area (Å²) in [7, 11) is 0. The summed E-state index contributed by atoms with van der Waals surface area (Å²) in [6, 6.07) is 20.4. The number of carbonyl (C=O) groups excluding carboxylic acids is 1. The van der Waals surface area contributed by atoms with Crippen molar-refractivity contribution >= 4 is 50.5 Å². The number of hydrogen-bond acceptors (Lipinski definition) is 9. The second kappa shape index (κ2) is 11.5. The van der Waals surface area contributed by atoms with E-state index in [4.69, 9.17) is 4.74 Å². The van der Waals surface area contributed by atoms with Gasteiger partial charge in [0.05, 0.1) is 29.2 Å². The minimum absolute atomic E-state index is 0.0130. The predicted molar refractivity (Wildman–Crippen MR) is 140 cm³/mol. The molecule has 3 aromatic carbocycles. The third-order valence-corrected chi connectivity index (χ3v) is 6.32. The van der Waals surface area contributed by atoms with E-state index in [1.807, 2.05) is 43.3 Å². The molecule has 9 nitrogen and oxygen atoms in total. The molecule has 1 heterocycles. The van der Waals surface area contributed by atoms with E-state index in [0.29, 0.717) is 41.3 Å². The lowest BCUT2D eigenvalue weighted by Crippen LogP contribution is -2.26. The Kier molecular flexibility index (Phi) is 7.96. The molecule has 0 fully saturated rings. The van der Waals surface area contributed by atoms with Crippen LogP contribution in [0.4, 0.5) is 22.1 Å². The van der Waals surface area contributed by atoms with Gasteiger partial charge in [-0.15, -0.1) is 10.2 Å². The zero-order chi connectivity index (χ0) is 25.5. The molecule has 0 aliphatic rings. The van der Waals surface area contributed by atoms with Gasteiger partial charge < -0.3 is 9.64 Å². The number of aromatic nitrogens is 1. The molecule has 0 saturated carbocycles. The number of nitro groups is 1. The molecule has 0 aliphatic carbocycles. The molecule has 0 aliphatic heterocycles. The van der Waals surface area contributed by atoms with Crippen LogP contribution in [0.2, 0.25) is 0 Å². The number of esters is 1. The van der Waals surface area contributed by atoms with E-state index in [1.54, 1.807) is 13.0 Å². The highest BCUT2D eigenvalue weighted by Crippen LogP contribution is 2.35. The maximum absolute atomic E-state index is 12.0.